The third-order valence-electron chi connectivity index (χ3n) is 3.86. The van der Waals surface area contributed by atoms with Crippen molar-refractivity contribution < 1.29 is 0 Å². The average Bonchev–Trinajstić information content (AvgIpc) is 2.93. The minimum Gasteiger partial charge on any atom is -0.356 e. The fourth-order valence-electron chi connectivity index (χ4n) is 2.79. The predicted molar refractivity (Wildman–Crippen MR) is 73.2 cm³/mol. The van der Waals surface area contributed by atoms with Gasteiger partial charge in [0.15, 0.2) is 0 Å². The molecule has 3 rings (SSSR count). The maximum absolute atomic E-state index is 4.45. The maximum Gasteiger partial charge on any atom is 0.134 e. The molecule has 2 fully saturated rings. The standard InChI is InChI=1S/C13H21N5/c1-11-9-14-4-7-18(11)13-8-12(15-10-16-13)17-5-2-3-6-17/h8,10-11,14H,2-7,9H2,1H3/t11-/m1/s1. The topological polar surface area (TPSA) is 44.3 Å². The van der Waals surface area contributed by atoms with Gasteiger partial charge in [0.2, 0.25) is 0 Å². The van der Waals surface area contributed by atoms with E-state index in [0.29, 0.717) is 6.04 Å². The van der Waals surface area contributed by atoms with E-state index < -0.39 is 0 Å². The van der Waals surface area contributed by atoms with Gasteiger partial charge in [0.25, 0.3) is 0 Å². The second kappa shape index (κ2) is 5.10. The van der Waals surface area contributed by atoms with E-state index in [-0.39, 0.29) is 0 Å². The summed E-state index contributed by atoms with van der Waals surface area (Å²) in [5.74, 6) is 2.16. The molecular weight excluding hydrogens is 226 g/mol. The van der Waals surface area contributed by atoms with Gasteiger partial charge in [0, 0.05) is 44.8 Å². The molecule has 18 heavy (non-hydrogen) atoms. The summed E-state index contributed by atoms with van der Waals surface area (Å²) in [6.45, 7) is 7.60. The predicted octanol–water partition coefficient (Wildman–Crippen LogP) is 0.875. The Balaban J connectivity index is 1.81. The second-order valence-electron chi connectivity index (χ2n) is 5.18. The molecule has 2 aliphatic rings. The van der Waals surface area contributed by atoms with Crippen LogP contribution in [0.1, 0.15) is 19.8 Å². The normalized spacial score (nSPS) is 24.6. The van der Waals surface area contributed by atoms with E-state index in [1.165, 1.54) is 12.8 Å². The summed E-state index contributed by atoms with van der Waals surface area (Å²) in [6.07, 6.45) is 4.27. The molecule has 0 unspecified atom stereocenters. The van der Waals surface area contributed by atoms with Crippen molar-refractivity contribution >= 4 is 11.6 Å². The highest BCUT2D eigenvalue weighted by molar-refractivity contribution is 5.51. The van der Waals surface area contributed by atoms with E-state index >= 15 is 0 Å². The Labute approximate surface area is 108 Å². The molecule has 2 aliphatic heterocycles. The monoisotopic (exact) mass is 247 g/mol. The van der Waals surface area contributed by atoms with Crippen LogP contribution in [0.3, 0.4) is 0 Å². The van der Waals surface area contributed by atoms with Crippen LogP contribution in [-0.4, -0.2) is 48.7 Å². The number of piperazine rings is 1. The van der Waals surface area contributed by atoms with Crippen LogP contribution in [0.25, 0.3) is 0 Å². The lowest BCUT2D eigenvalue weighted by atomic mass is 10.2. The van der Waals surface area contributed by atoms with Gasteiger partial charge in [-0.1, -0.05) is 0 Å². The first kappa shape index (κ1) is 11.7. The summed E-state index contributed by atoms with van der Waals surface area (Å²) in [7, 11) is 0. The first-order valence-electron chi connectivity index (χ1n) is 6.89. The molecule has 1 aromatic heterocycles. The van der Waals surface area contributed by atoms with E-state index in [1.807, 2.05) is 0 Å². The van der Waals surface area contributed by atoms with Crippen molar-refractivity contribution in [1.29, 1.82) is 0 Å². The number of hydrogen-bond donors (Lipinski definition) is 1. The van der Waals surface area contributed by atoms with Crippen molar-refractivity contribution in [2.45, 2.75) is 25.8 Å². The van der Waals surface area contributed by atoms with E-state index in [9.17, 15) is 0 Å². The molecule has 0 aliphatic carbocycles. The zero-order valence-electron chi connectivity index (χ0n) is 11.0. The lowest BCUT2D eigenvalue weighted by molar-refractivity contribution is 0.497. The van der Waals surface area contributed by atoms with Gasteiger partial charge in [-0.25, -0.2) is 9.97 Å². The Morgan fingerprint density at radius 2 is 1.94 bits per heavy atom. The van der Waals surface area contributed by atoms with Crippen LogP contribution in [0, 0.1) is 0 Å². The van der Waals surface area contributed by atoms with E-state index in [0.717, 1.165) is 44.4 Å². The molecule has 0 saturated carbocycles. The van der Waals surface area contributed by atoms with Crippen LogP contribution >= 0.6 is 0 Å². The van der Waals surface area contributed by atoms with Crippen LogP contribution in [0.15, 0.2) is 12.4 Å². The number of nitrogens with zero attached hydrogens (tertiary/aromatic N) is 4. The largest absolute Gasteiger partial charge is 0.356 e. The van der Waals surface area contributed by atoms with Gasteiger partial charge in [-0.2, -0.15) is 0 Å². The van der Waals surface area contributed by atoms with Crippen LogP contribution in [0.4, 0.5) is 11.6 Å². The highest BCUT2D eigenvalue weighted by Gasteiger charge is 2.21. The SMILES string of the molecule is C[C@@H]1CNCCN1c1cc(N2CCCC2)ncn1. The maximum atomic E-state index is 4.45. The van der Waals surface area contributed by atoms with Crippen molar-refractivity contribution in [3.63, 3.8) is 0 Å². The summed E-state index contributed by atoms with van der Waals surface area (Å²) in [5.41, 5.74) is 0. The summed E-state index contributed by atoms with van der Waals surface area (Å²) < 4.78 is 0. The molecule has 2 saturated heterocycles. The molecule has 0 amide bonds. The molecule has 5 nitrogen and oxygen atoms in total. The Morgan fingerprint density at radius 3 is 2.72 bits per heavy atom. The summed E-state index contributed by atoms with van der Waals surface area (Å²) >= 11 is 0. The summed E-state index contributed by atoms with van der Waals surface area (Å²) in [6, 6.07) is 2.65. The summed E-state index contributed by atoms with van der Waals surface area (Å²) in [5, 5.41) is 3.41. The minimum atomic E-state index is 0.500. The number of rotatable bonds is 2. The fourth-order valence-corrected chi connectivity index (χ4v) is 2.79. The second-order valence-corrected chi connectivity index (χ2v) is 5.18. The van der Waals surface area contributed by atoms with Gasteiger partial charge in [0.05, 0.1) is 0 Å². The van der Waals surface area contributed by atoms with Crippen LogP contribution in [-0.2, 0) is 0 Å². The van der Waals surface area contributed by atoms with Crippen LogP contribution in [0.5, 0.6) is 0 Å². The molecule has 3 heterocycles. The lowest BCUT2D eigenvalue weighted by Gasteiger charge is -2.35. The zero-order chi connectivity index (χ0) is 12.4. The van der Waals surface area contributed by atoms with E-state index in [4.69, 9.17) is 0 Å². The van der Waals surface area contributed by atoms with Gasteiger partial charge in [-0.05, 0) is 19.8 Å². The molecular formula is C13H21N5. The van der Waals surface area contributed by atoms with Crippen molar-refractivity contribution in [2.75, 3.05) is 42.5 Å². The average molecular weight is 247 g/mol. The third kappa shape index (κ3) is 2.27. The Bertz CT molecular complexity index is 402. The Morgan fingerprint density at radius 1 is 1.17 bits per heavy atom. The molecule has 1 aromatic rings. The fraction of sp³-hybridized carbons (Fsp3) is 0.692. The Kier molecular flexibility index (Phi) is 3.32. The zero-order valence-corrected chi connectivity index (χ0v) is 11.0. The van der Waals surface area contributed by atoms with Crippen molar-refractivity contribution in [3.8, 4) is 0 Å². The smallest absolute Gasteiger partial charge is 0.134 e. The first-order valence-corrected chi connectivity index (χ1v) is 6.89. The van der Waals surface area contributed by atoms with Crippen molar-refractivity contribution in [1.82, 2.24) is 15.3 Å². The number of nitrogens with one attached hydrogen (secondary N) is 1. The quantitative estimate of drug-likeness (QED) is 0.840. The third-order valence-corrected chi connectivity index (χ3v) is 3.86. The molecule has 0 aromatic carbocycles. The number of anilines is 2. The van der Waals surface area contributed by atoms with E-state index in [2.05, 4.69) is 38.1 Å². The molecule has 0 bridgehead atoms. The lowest BCUT2D eigenvalue weighted by Crippen LogP contribution is -2.50. The van der Waals surface area contributed by atoms with Gasteiger partial charge in [-0.3, -0.25) is 0 Å². The molecule has 98 valence electrons. The molecule has 5 heteroatoms. The minimum absolute atomic E-state index is 0.500. The molecule has 1 atom stereocenters. The summed E-state index contributed by atoms with van der Waals surface area (Å²) in [4.78, 5) is 13.6. The van der Waals surface area contributed by atoms with Gasteiger partial charge in [-0.15, -0.1) is 0 Å². The van der Waals surface area contributed by atoms with Crippen molar-refractivity contribution in [3.05, 3.63) is 12.4 Å². The van der Waals surface area contributed by atoms with Crippen LogP contribution < -0.4 is 15.1 Å². The number of hydrogen-bond acceptors (Lipinski definition) is 5. The molecule has 1 N–H and O–H groups in total. The van der Waals surface area contributed by atoms with Crippen molar-refractivity contribution in [2.24, 2.45) is 0 Å². The number of aromatic nitrogens is 2. The van der Waals surface area contributed by atoms with Gasteiger partial charge >= 0.3 is 0 Å². The highest BCUT2D eigenvalue weighted by Crippen LogP contribution is 2.22. The molecule has 0 radical (unpaired) electrons. The van der Waals surface area contributed by atoms with E-state index in [1.54, 1.807) is 6.33 Å². The molecule has 0 spiro atoms. The van der Waals surface area contributed by atoms with Gasteiger partial charge in [0.1, 0.15) is 18.0 Å². The highest BCUT2D eigenvalue weighted by atomic mass is 15.3. The first-order chi connectivity index (χ1) is 8.84. The Hall–Kier alpha value is -1.36. The van der Waals surface area contributed by atoms with Gasteiger partial charge < -0.3 is 15.1 Å². The van der Waals surface area contributed by atoms with Crippen LogP contribution in [0.2, 0.25) is 0 Å².